The van der Waals surface area contributed by atoms with E-state index in [9.17, 15) is 19.2 Å². The third kappa shape index (κ3) is 9.33. The third-order valence-corrected chi connectivity index (χ3v) is 5.83. The molecule has 4 N–H and O–H groups in total. The molecule has 0 heterocycles. The van der Waals surface area contributed by atoms with Crippen molar-refractivity contribution in [2.45, 2.75) is 24.9 Å². The van der Waals surface area contributed by atoms with E-state index in [0.29, 0.717) is 0 Å². The van der Waals surface area contributed by atoms with Gasteiger partial charge in [0, 0.05) is 24.0 Å². The number of benzene rings is 3. The van der Waals surface area contributed by atoms with Crippen molar-refractivity contribution in [2.24, 2.45) is 0 Å². The zero-order valence-electron chi connectivity index (χ0n) is 21.8. The Balaban J connectivity index is 1.68. The highest BCUT2D eigenvalue weighted by molar-refractivity contribution is 6.00. The van der Waals surface area contributed by atoms with Crippen molar-refractivity contribution in [3.8, 4) is 0 Å². The largest absolute Gasteiger partial charge is 0.462 e. The van der Waals surface area contributed by atoms with Gasteiger partial charge in [0.1, 0.15) is 25.3 Å². The van der Waals surface area contributed by atoms with Crippen LogP contribution >= 0.6 is 0 Å². The number of esters is 2. The van der Waals surface area contributed by atoms with Crippen LogP contribution in [0.3, 0.4) is 0 Å². The van der Waals surface area contributed by atoms with E-state index >= 15 is 0 Å². The topological polar surface area (TPSA) is 151 Å². The second kappa shape index (κ2) is 15.8. The molecule has 0 fully saturated rings. The molecule has 2 amide bonds. The van der Waals surface area contributed by atoms with Crippen molar-refractivity contribution in [3.63, 3.8) is 0 Å². The van der Waals surface area contributed by atoms with E-state index in [-0.39, 0.29) is 50.4 Å². The minimum absolute atomic E-state index is 0.187. The molecular formula is C30H32N2O8. The van der Waals surface area contributed by atoms with Crippen LogP contribution in [0.15, 0.2) is 84.9 Å². The third-order valence-electron chi connectivity index (χ3n) is 5.83. The molecule has 0 aliphatic carbocycles. The molecule has 0 aliphatic heterocycles. The van der Waals surface area contributed by atoms with Gasteiger partial charge < -0.3 is 30.3 Å². The molecule has 3 aromatic carbocycles. The summed E-state index contributed by atoms with van der Waals surface area (Å²) in [7, 11) is 0. The number of aliphatic hydroxyl groups excluding tert-OH is 2. The summed E-state index contributed by atoms with van der Waals surface area (Å²) in [5.74, 6) is -2.47. The molecular weight excluding hydrogens is 516 g/mol. The fraction of sp³-hybridized carbons (Fsp3) is 0.267. The molecule has 0 radical (unpaired) electrons. The van der Waals surface area contributed by atoms with Gasteiger partial charge in [-0.2, -0.15) is 0 Å². The lowest BCUT2D eigenvalue weighted by Crippen LogP contribution is -2.44. The van der Waals surface area contributed by atoms with Crippen molar-refractivity contribution >= 4 is 23.8 Å². The van der Waals surface area contributed by atoms with Crippen molar-refractivity contribution in [1.82, 2.24) is 10.6 Å². The predicted molar refractivity (Wildman–Crippen MR) is 145 cm³/mol. The molecule has 0 unspecified atom stereocenters. The van der Waals surface area contributed by atoms with E-state index in [2.05, 4.69) is 10.6 Å². The standard InChI is InChI=1S/C30H32N2O8/c33-15-17-39-29(37)25(19-21-7-3-1-4-8-21)31-27(35)23-11-13-24(14-12-23)28(36)32-26(30(38)40-18-16-34)20-22-9-5-2-6-10-22/h1-14,25-26,33-34H,15-20H2,(H,31,35)(H,32,36)/t25-,26-/m0/s1. The van der Waals surface area contributed by atoms with Crippen molar-refractivity contribution in [2.75, 3.05) is 26.4 Å². The number of rotatable bonds is 14. The van der Waals surface area contributed by atoms with Crippen LogP contribution < -0.4 is 10.6 Å². The fourth-order valence-electron chi connectivity index (χ4n) is 3.84. The molecule has 0 bridgehead atoms. The van der Waals surface area contributed by atoms with Crippen LogP contribution in [0, 0.1) is 0 Å². The maximum Gasteiger partial charge on any atom is 0.329 e. The summed E-state index contributed by atoms with van der Waals surface area (Å²) in [6.45, 7) is -1.06. The molecule has 210 valence electrons. The maximum atomic E-state index is 12.9. The Kier molecular flexibility index (Phi) is 11.8. The Bertz CT molecular complexity index is 1150. The number of amides is 2. The van der Waals surface area contributed by atoms with E-state index in [1.54, 1.807) is 0 Å². The summed E-state index contributed by atoms with van der Waals surface area (Å²) in [5.41, 5.74) is 2.02. The number of nitrogens with one attached hydrogen (secondary N) is 2. The highest BCUT2D eigenvalue weighted by Crippen LogP contribution is 2.10. The van der Waals surface area contributed by atoms with Crippen LogP contribution in [0.2, 0.25) is 0 Å². The number of carbonyl (C=O) groups is 4. The van der Waals surface area contributed by atoms with E-state index < -0.39 is 35.8 Å². The summed E-state index contributed by atoms with van der Waals surface area (Å²) in [5, 5.41) is 23.3. The molecule has 3 aromatic rings. The molecule has 10 heteroatoms. The van der Waals surface area contributed by atoms with E-state index in [0.717, 1.165) is 11.1 Å². The molecule has 0 aromatic heterocycles. The molecule has 0 saturated heterocycles. The first-order chi connectivity index (χ1) is 19.4. The predicted octanol–water partition coefficient (Wildman–Crippen LogP) is 1.44. The van der Waals surface area contributed by atoms with Crippen LogP contribution in [0.5, 0.6) is 0 Å². The minimum Gasteiger partial charge on any atom is -0.462 e. The Labute approximate surface area is 231 Å². The van der Waals surface area contributed by atoms with Gasteiger partial charge in [-0.25, -0.2) is 9.59 Å². The van der Waals surface area contributed by atoms with Crippen LogP contribution in [0.25, 0.3) is 0 Å². The average molecular weight is 549 g/mol. The number of hydrogen-bond donors (Lipinski definition) is 4. The Morgan fingerprint density at radius 3 is 1.25 bits per heavy atom. The second-order valence-electron chi connectivity index (χ2n) is 8.79. The molecule has 0 aliphatic rings. The van der Waals surface area contributed by atoms with E-state index in [1.807, 2.05) is 60.7 Å². The number of aliphatic hydroxyl groups is 2. The van der Waals surface area contributed by atoms with Crippen LogP contribution in [0.4, 0.5) is 0 Å². The van der Waals surface area contributed by atoms with E-state index in [4.69, 9.17) is 19.7 Å². The maximum absolute atomic E-state index is 12.9. The summed E-state index contributed by atoms with van der Waals surface area (Å²) >= 11 is 0. The highest BCUT2D eigenvalue weighted by Gasteiger charge is 2.25. The lowest BCUT2D eigenvalue weighted by atomic mass is 10.0. The van der Waals surface area contributed by atoms with Crippen LogP contribution in [-0.2, 0) is 31.9 Å². The Morgan fingerprint density at radius 2 is 0.925 bits per heavy atom. The highest BCUT2D eigenvalue weighted by atomic mass is 16.5. The summed E-state index contributed by atoms with van der Waals surface area (Å²) in [6.07, 6.45) is 0.374. The first-order valence-electron chi connectivity index (χ1n) is 12.8. The van der Waals surface area contributed by atoms with Gasteiger partial charge in [0.2, 0.25) is 0 Å². The average Bonchev–Trinajstić information content (AvgIpc) is 2.99. The molecule has 0 spiro atoms. The van der Waals surface area contributed by atoms with Gasteiger partial charge >= 0.3 is 11.9 Å². The van der Waals surface area contributed by atoms with Crippen molar-refractivity contribution < 1.29 is 38.9 Å². The molecule has 40 heavy (non-hydrogen) atoms. The van der Waals surface area contributed by atoms with Crippen molar-refractivity contribution in [3.05, 3.63) is 107 Å². The zero-order chi connectivity index (χ0) is 28.7. The number of hydrogen-bond acceptors (Lipinski definition) is 8. The van der Waals surface area contributed by atoms with Gasteiger partial charge in [-0.3, -0.25) is 9.59 Å². The summed E-state index contributed by atoms with van der Waals surface area (Å²) in [6, 6.07) is 21.9. The summed E-state index contributed by atoms with van der Waals surface area (Å²) in [4.78, 5) is 50.9. The van der Waals surface area contributed by atoms with E-state index in [1.165, 1.54) is 24.3 Å². The van der Waals surface area contributed by atoms with Gasteiger partial charge in [0.25, 0.3) is 11.8 Å². The lowest BCUT2D eigenvalue weighted by molar-refractivity contribution is -0.147. The first-order valence-corrected chi connectivity index (χ1v) is 12.8. The van der Waals surface area contributed by atoms with Gasteiger partial charge in [-0.1, -0.05) is 60.7 Å². The SMILES string of the molecule is O=C(N[C@@H](Cc1ccccc1)C(=O)OCCO)c1ccc(C(=O)N[C@@H](Cc2ccccc2)C(=O)OCCO)cc1. The van der Waals surface area contributed by atoms with Crippen molar-refractivity contribution in [1.29, 1.82) is 0 Å². The lowest BCUT2D eigenvalue weighted by Gasteiger charge is -2.18. The molecule has 3 rings (SSSR count). The zero-order valence-corrected chi connectivity index (χ0v) is 21.8. The monoisotopic (exact) mass is 548 g/mol. The van der Waals surface area contributed by atoms with Crippen LogP contribution in [0.1, 0.15) is 31.8 Å². The molecule has 2 atom stereocenters. The second-order valence-corrected chi connectivity index (χ2v) is 8.79. The Hall–Kier alpha value is -4.54. The first kappa shape index (κ1) is 30.0. The fourth-order valence-corrected chi connectivity index (χ4v) is 3.84. The van der Waals surface area contributed by atoms with Gasteiger partial charge in [-0.15, -0.1) is 0 Å². The molecule has 0 saturated carbocycles. The molecule has 10 nitrogen and oxygen atoms in total. The van der Waals surface area contributed by atoms with Crippen LogP contribution in [-0.4, -0.2) is 72.5 Å². The number of carbonyl (C=O) groups excluding carboxylic acids is 4. The normalized spacial score (nSPS) is 12.1. The smallest absolute Gasteiger partial charge is 0.329 e. The number of ether oxygens (including phenoxy) is 2. The van der Waals surface area contributed by atoms with Gasteiger partial charge in [0.15, 0.2) is 0 Å². The minimum atomic E-state index is -0.992. The Morgan fingerprint density at radius 1 is 0.575 bits per heavy atom. The quantitative estimate of drug-likeness (QED) is 0.221. The summed E-state index contributed by atoms with van der Waals surface area (Å²) < 4.78 is 10.1. The van der Waals surface area contributed by atoms with Gasteiger partial charge in [-0.05, 0) is 35.4 Å². The van der Waals surface area contributed by atoms with Gasteiger partial charge in [0.05, 0.1) is 13.2 Å².